The van der Waals surface area contributed by atoms with Crippen molar-refractivity contribution in [1.82, 2.24) is 23.9 Å². The number of aromatic nitrogens is 3. The Morgan fingerprint density at radius 1 is 0.708 bits per heavy atom. The molecule has 2 aliphatic heterocycles. The van der Waals surface area contributed by atoms with Gasteiger partial charge in [-0.25, -0.2) is 0 Å². The van der Waals surface area contributed by atoms with E-state index in [0.29, 0.717) is 6.01 Å². The van der Waals surface area contributed by atoms with Crippen molar-refractivity contribution in [2.24, 2.45) is 0 Å². The molecule has 0 atom stereocenters. The molecule has 0 bridgehead atoms. The lowest BCUT2D eigenvalue weighted by atomic mass is 10.1. The van der Waals surface area contributed by atoms with Crippen LogP contribution in [0.3, 0.4) is 0 Å². The lowest BCUT2D eigenvalue weighted by Gasteiger charge is -2.40. The number of ether oxygens (including phenoxy) is 1. The molecule has 2 saturated heterocycles. The first-order valence-corrected chi connectivity index (χ1v) is 9.71. The molecule has 0 amide bonds. The van der Waals surface area contributed by atoms with E-state index in [2.05, 4.69) is 13.8 Å². The number of hydrogen-bond donors (Lipinski definition) is 0. The van der Waals surface area contributed by atoms with Crippen LogP contribution >= 0.6 is 0 Å². The van der Waals surface area contributed by atoms with Gasteiger partial charge in [0.15, 0.2) is 0 Å². The highest BCUT2D eigenvalue weighted by molar-refractivity contribution is 5.37. The Balaban J connectivity index is 2.04. The number of likely N-dealkylation sites (tertiary alicyclic amines) is 2. The zero-order valence-corrected chi connectivity index (χ0v) is 15.6. The Morgan fingerprint density at radius 3 is 1.46 bits per heavy atom. The fourth-order valence-electron chi connectivity index (χ4n) is 4.40. The Kier molecular flexibility index (Phi) is 5.35. The summed E-state index contributed by atoms with van der Waals surface area (Å²) >= 11 is 0. The van der Waals surface area contributed by atoms with Crippen LogP contribution in [0.15, 0.2) is 0 Å². The zero-order chi connectivity index (χ0) is 17.0. The van der Waals surface area contributed by atoms with Crippen molar-refractivity contribution in [3.63, 3.8) is 0 Å². The van der Waals surface area contributed by atoms with Crippen molar-refractivity contribution in [1.29, 1.82) is 0 Å². The summed E-state index contributed by atoms with van der Waals surface area (Å²) in [6.07, 6.45) is 7.67. The SMILES string of the molecule is CC[N+]1(c2nc(OC)nc([N+]3(CC)CCCCC3)n2)CCCCC1. The molecule has 1 aromatic heterocycles. The minimum Gasteiger partial charge on any atom is -0.466 e. The predicted molar refractivity (Wildman–Crippen MR) is 98.2 cm³/mol. The molecule has 24 heavy (non-hydrogen) atoms. The van der Waals surface area contributed by atoms with E-state index in [-0.39, 0.29) is 0 Å². The molecule has 3 heterocycles. The molecule has 0 saturated carbocycles. The summed E-state index contributed by atoms with van der Waals surface area (Å²) in [7, 11) is 1.67. The number of methoxy groups -OCH3 is 1. The zero-order valence-electron chi connectivity index (χ0n) is 15.6. The van der Waals surface area contributed by atoms with E-state index in [1.54, 1.807) is 7.11 Å². The van der Waals surface area contributed by atoms with Gasteiger partial charge in [-0.1, -0.05) is 0 Å². The maximum Gasteiger partial charge on any atom is 0.340 e. The number of quaternary nitrogens is 2. The topological polar surface area (TPSA) is 47.9 Å². The van der Waals surface area contributed by atoms with Gasteiger partial charge in [0.1, 0.15) is 0 Å². The van der Waals surface area contributed by atoms with Gasteiger partial charge in [-0.05, 0) is 52.4 Å². The van der Waals surface area contributed by atoms with Crippen LogP contribution in [0, 0.1) is 0 Å². The summed E-state index contributed by atoms with van der Waals surface area (Å²) in [4.78, 5) is 14.5. The third kappa shape index (κ3) is 3.14. The normalized spacial score (nSPS) is 23.0. The molecule has 0 aliphatic carbocycles. The van der Waals surface area contributed by atoms with E-state index in [9.17, 15) is 0 Å². The summed E-state index contributed by atoms with van der Waals surface area (Å²) < 4.78 is 7.24. The van der Waals surface area contributed by atoms with E-state index >= 15 is 0 Å². The molecule has 6 nitrogen and oxygen atoms in total. The van der Waals surface area contributed by atoms with Crippen molar-refractivity contribution in [3.8, 4) is 6.01 Å². The van der Waals surface area contributed by atoms with Crippen molar-refractivity contribution in [2.75, 3.05) is 46.4 Å². The first-order chi connectivity index (χ1) is 11.7. The van der Waals surface area contributed by atoms with Gasteiger partial charge in [0.2, 0.25) is 0 Å². The molecule has 6 heteroatoms. The van der Waals surface area contributed by atoms with Crippen LogP contribution in [0.25, 0.3) is 0 Å². The molecule has 0 aromatic carbocycles. The van der Waals surface area contributed by atoms with Gasteiger partial charge in [0.25, 0.3) is 0 Å². The number of piperidine rings is 2. The second-order valence-corrected chi connectivity index (χ2v) is 7.36. The average molecular weight is 335 g/mol. The molecule has 0 N–H and O–H groups in total. The van der Waals surface area contributed by atoms with Gasteiger partial charge in [0.05, 0.1) is 46.4 Å². The van der Waals surface area contributed by atoms with E-state index in [4.69, 9.17) is 19.7 Å². The number of rotatable bonds is 5. The van der Waals surface area contributed by atoms with Crippen molar-refractivity contribution in [2.45, 2.75) is 52.4 Å². The quantitative estimate of drug-likeness (QED) is 0.776. The van der Waals surface area contributed by atoms with Crippen LogP contribution in [0.5, 0.6) is 6.01 Å². The molecule has 3 rings (SSSR count). The third-order valence-corrected chi connectivity index (χ3v) is 6.18. The van der Waals surface area contributed by atoms with Gasteiger partial charge < -0.3 is 4.74 Å². The summed E-state index contributed by atoms with van der Waals surface area (Å²) in [5.74, 6) is 1.85. The Labute approximate surface area is 146 Å². The minimum atomic E-state index is 0.489. The molecule has 0 unspecified atom stereocenters. The predicted octanol–water partition coefficient (Wildman–Crippen LogP) is 2.90. The maximum absolute atomic E-state index is 5.47. The monoisotopic (exact) mass is 335 g/mol. The highest BCUT2D eigenvalue weighted by atomic mass is 16.5. The molecule has 2 aliphatic rings. The fourth-order valence-corrected chi connectivity index (χ4v) is 4.40. The van der Waals surface area contributed by atoms with Gasteiger partial charge in [-0.3, -0.25) is 8.97 Å². The maximum atomic E-state index is 5.47. The lowest BCUT2D eigenvalue weighted by Crippen LogP contribution is -2.56. The highest BCUT2D eigenvalue weighted by Gasteiger charge is 2.40. The summed E-state index contributed by atoms with van der Waals surface area (Å²) in [5.41, 5.74) is 0. The molecule has 0 radical (unpaired) electrons. The first kappa shape index (κ1) is 17.5. The molecule has 134 valence electrons. The standard InChI is InChI=1S/C18H33N5O/c1-4-22(12-8-6-9-13-22)16-19-17(21-18(20-16)24-3)23(5-2)14-10-7-11-15-23/h4-15H2,1-3H3/q+2. The average Bonchev–Trinajstić information content (AvgIpc) is 2.68. The summed E-state index contributed by atoms with van der Waals surface area (Å²) in [6.45, 7) is 11.1. The second kappa shape index (κ2) is 7.31. The van der Waals surface area contributed by atoms with Gasteiger partial charge >= 0.3 is 17.9 Å². The van der Waals surface area contributed by atoms with Gasteiger partial charge in [-0.2, -0.15) is 0 Å². The van der Waals surface area contributed by atoms with Crippen LogP contribution in [0.1, 0.15) is 52.4 Å². The highest BCUT2D eigenvalue weighted by Crippen LogP contribution is 2.31. The number of nitrogens with zero attached hydrogens (tertiary/aromatic N) is 5. The third-order valence-electron chi connectivity index (χ3n) is 6.18. The fraction of sp³-hybridized carbons (Fsp3) is 0.833. The first-order valence-electron chi connectivity index (χ1n) is 9.71. The van der Waals surface area contributed by atoms with E-state index in [1.807, 2.05) is 0 Å². The molecular formula is C18H33N5O+2. The van der Waals surface area contributed by atoms with Crippen molar-refractivity contribution in [3.05, 3.63) is 0 Å². The van der Waals surface area contributed by atoms with E-state index in [0.717, 1.165) is 60.1 Å². The van der Waals surface area contributed by atoms with Crippen molar-refractivity contribution >= 4 is 11.9 Å². The Bertz CT molecular complexity index is 506. The van der Waals surface area contributed by atoms with Crippen LogP contribution in [0.4, 0.5) is 11.9 Å². The molecule has 0 spiro atoms. The molecule has 2 fully saturated rings. The summed E-state index contributed by atoms with van der Waals surface area (Å²) in [5, 5.41) is 0. The molecule has 1 aromatic rings. The largest absolute Gasteiger partial charge is 0.466 e. The number of hydrogen-bond acceptors (Lipinski definition) is 4. The van der Waals surface area contributed by atoms with Crippen LogP contribution in [0.2, 0.25) is 0 Å². The second-order valence-electron chi connectivity index (χ2n) is 7.36. The van der Waals surface area contributed by atoms with Crippen LogP contribution in [-0.2, 0) is 0 Å². The minimum absolute atomic E-state index is 0.489. The van der Waals surface area contributed by atoms with E-state index in [1.165, 1.54) is 38.5 Å². The molecular weight excluding hydrogens is 302 g/mol. The van der Waals surface area contributed by atoms with Gasteiger partial charge in [-0.15, -0.1) is 15.0 Å². The van der Waals surface area contributed by atoms with Crippen LogP contribution < -0.4 is 13.7 Å². The van der Waals surface area contributed by atoms with Gasteiger partial charge in [0, 0.05) is 0 Å². The van der Waals surface area contributed by atoms with E-state index < -0.39 is 0 Å². The lowest BCUT2D eigenvalue weighted by molar-refractivity contribution is 0.207. The Hall–Kier alpha value is -1.27. The van der Waals surface area contributed by atoms with Crippen molar-refractivity contribution < 1.29 is 4.74 Å². The Morgan fingerprint density at radius 2 is 1.12 bits per heavy atom. The summed E-state index contributed by atoms with van der Waals surface area (Å²) in [6, 6.07) is 0.489. The van der Waals surface area contributed by atoms with Crippen LogP contribution in [-0.4, -0.2) is 61.3 Å². The smallest absolute Gasteiger partial charge is 0.340 e.